The molecule has 0 aliphatic heterocycles. The molecule has 11 atom stereocenters. The Hall–Kier alpha value is -1.14. The molecule has 1 heterocycles. The molecule has 4 fully saturated rings. The first-order valence-corrected chi connectivity index (χ1v) is 14.1. The second-order valence-electron chi connectivity index (χ2n) is 12.9. The molecule has 34 heavy (non-hydrogen) atoms. The van der Waals surface area contributed by atoms with Crippen LogP contribution in [0.4, 0.5) is 6.01 Å². The van der Waals surface area contributed by atoms with Gasteiger partial charge in [0, 0.05) is 13.5 Å². The lowest BCUT2D eigenvalue weighted by atomic mass is 9.41. The molecule has 0 saturated heterocycles. The number of anilines is 1. The van der Waals surface area contributed by atoms with Gasteiger partial charge in [-0.25, -0.2) is 0 Å². The van der Waals surface area contributed by atoms with Crippen molar-refractivity contribution in [1.82, 2.24) is 10.2 Å². The van der Waals surface area contributed by atoms with Crippen molar-refractivity contribution in [3.63, 3.8) is 0 Å². The van der Waals surface area contributed by atoms with Crippen molar-refractivity contribution in [3.05, 3.63) is 5.89 Å². The molecule has 5 rings (SSSR count). The van der Waals surface area contributed by atoms with Gasteiger partial charge in [-0.3, -0.25) is 0 Å². The van der Waals surface area contributed by atoms with E-state index >= 15 is 0 Å². The first-order chi connectivity index (χ1) is 16.2. The average molecular weight is 474 g/mol. The van der Waals surface area contributed by atoms with Gasteiger partial charge < -0.3 is 19.9 Å². The second kappa shape index (κ2) is 9.06. The summed E-state index contributed by atoms with van der Waals surface area (Å²) in [6.07, 6.45) is 10.6. The Kier molecular flexibility index (Phi) is 6.54. The average Bonchev–Trinajstić information content (AvgIpc) is 3.43. The number of nitrogens with zero attached hydrogens (tertiary/aromatic N) is 2. The van der Waals surface area contributed by atoms with Crippen LogP contribution in [-0.4, -0.2) is 39.7 Å². The molecule has 0 bridgehead atoms. The molecule has 6 nitrogen and oxygen atoms in total. The molecule has 3 unspecified atom stereocenters. The van der Waals surface area contributed by atoms with Crippen molar-refractivity contribution < 1.29 is 14.6 Å². The summed E-state index contributed by atoms with van der Waals surface area (Å²) in [5.41, 5.74) is 0.583. The van der Waals surface area contributed by atoms with Crippen molar-refractivity contribution in [3.8, 4) is 0 Å². The molecular weight excluding hydrogens is 426 g/mol. The summed E-state index contributed by atoms with van der Waals surface area (Å²) >= 11 is 0. The summed E-state index contributed by atoms with van der Waals surface area (Å²) in [7, 11) is 1.80. The van der Waals surface area contributed by atoms with Gasteiger partial charge in [0.05, 0.1) is 12.2 Å². The fraction of sp³-hybridized carbons (Fsp3) is 0.929. The van der Waals surface area contributed by atoms with Crippen LogP contribution in [0.1, 0.15) is 91.4 Å². The minimum Gasteiger partial charge on any atom is -0.408 e. The summed E-state index contributed by atoms with van der Waals surface area (Å²) in [6.45, 7) is 9.76. The van der Waals surface area contributed by atoms with Gasteiger partial charge in [0.15, 0.2) is 0 Å². The summed E-state index contributed by atoms with van der Waals surface area (Å²) in [5, 5.41) is 33.5. The molecule has 0 aromatic carbocycles. The highest BCUT2D eigenvalue weighted by Gasteiger charge is 2.64. The van der Waals surface area contributed by atoms with E-state index in [2.05, 4.69) is 43.2 Å². The maximum atomic E-state index is 11.9. The van der Waals surface area contributed by atoms with E-state index in [-0.39, 0.29) is 17.6 Å². The van der Waals surface area contributed by atoms with Crippen LogP contribution in [0.5, 0.6) is 0 Å². The molecule has 4 saturated carbocycles. The first-order valence-electron chi connectivity index (χ1n) is 14.1. The van der Waals surface area contributed by atoms with Crippen LogP contribution < -0.4 is 5.32 Å². The summed E-state index contributed by atoms with van der Waals surface area (Å²) in [4.78, 5) is 0. The van der Waals surface area contributed by atoms with Crippen LogP contribution in [0.25, 0.3) is 0 Å². The predicted octanol–water partition coefficient (Wildman–Crippen LogP) is 5.31. The van der Waals surface area contributed by atoms with Gasteiger partial charge in [-0.05, 0) is 104 Å². The van der Waals surface area contributed by atoms with Crippen LogP contribution in [-0.2, 0) is 6.42 Å². The third kappa shape index (κ3) is 3.73. The largest absolute Gasteiger partial charge is 0.408 e. The second-order valence-corrected chi connectivity index (χ2v) is 12.9. The minimum atomic E-state index is -0.213. The van der Waals surface area contributed by atoms with Crippen LogP contribution in [0, 0.1) is 52.3 Å². The standard InChI is InChI=1S/C28H47N3O3/c1-6-18-22-15-17(32)11-13-28(22,4)21-12-14-27(3)19(8-9-20(27)24(21)25(18)33)16(2)7-10-23-30-31-26(29-5)34-23/h16-22,24-25,32-33H,6-15H2,1-5H3,(H,29,31)/t16-,17-,18-,19-,20?,21?,22+,24?,25-,27-,28-/m1/s1. The highest BCUT2D eigenvalue weighted by molar-refractivity contribution is 5.15. The summed E-state index contributed by atoms with van der Waals surface area (Å²) in [6, 6.07) is 0.493. The molecule has 0 radical (unpaired) electrons. The van der Waals surface area contributed by atoms with Gasteiger partial charge >= 0.3 is 6.01 Å². The topological polar surface area (TPSA) is 91.4 Å². The van der Waals surface area contributed by atoms with Crippen LogP contribution in [0.15, 0.2) is 4.42 Å². The van der Waals surface area contributed by atoms with E-state index in [1.807, 2.05) is 0 Å². The number of nitrogens with one attached hydrogen (secondary N) is 1. The predicted molar refractivity (Wildman–Crippen MR) is 133 cm³/mol. The Morgan fingerprint density at radius 2 is 1.76 bits per heavy atom. The molecule has 3 N–H and O–H groups in total. The fourth-order valence-corrected chi connectivity index (χ4v) is 9.94. The molecule has 6 heteroatoms. The lowest BCUT2D eigenvalue weighted by molar-refractivity contribution is -0.203. The zero-order valence-corrected chi connectivity index (χ0v) is 22.0. The smallest absolute Gasteiger partial charge is 0.315 e. The number of aromatic nitrogens is 2. The van der Waals surface area contributed by atoms with Crippen molar-refractivity contribution in [1.29, 1.82) is 0 Å². The monoisotopic (exact) mass is 473 g/mol. The number of aliphatic hydroxyl groups excluding tert-OH is 2. The molecule has 0 amide bonds. The highest BCUT2D eigenvalue weighted by Crippen LogP contribution is 2.69. The van der Waals surface area contributed by atoms with Crippen LogP contribution in [0.2, 0.25) is 0 Å². The van der Waals surface area contributed by atoms with E-state index in [1.165, 1.54) is 25.7 Å². The maximum Gasteiger partial charge on any atom is 0.315 e. The zero-order valence-electron chi connectivity index (χ0n) is 22.0. The molecule has 192 valence electrons. The number of rotatable bonds is 6. The summed E-state index contributed by atoms with van der Waals surface area (Å²) in [5.74, 6) is 4.47. The van der Waals surface area contributed by atoms with Crippen molar-refractivity contribution >= 4 is 6.01 Å². The maximum absolute atomic E-state index is 11.9. The minimum absolute atomic E-state index is 0.176. The van der Waals surface area contributed by atoms with Gasteiger partial charge in [-0.15, -0.1) is 5.10 Å². The van der Waals surface area contributed by atoms with Gasteiger partial charge in [-0.2, -0.15) is 0 Å². The van der Waals surface area contributed by atoms with Gasteiger partial charge in [0.2, 0.25) is 5.89 Å². The Bertz CT molecular complexity index is 860. The van der Waals surface area contributed by atoms with Crippen molar-refractivity contribution in [2.24, 2.45) is 52.3 Å². The Morgan fingerprint density at radius 3 is 2.47 bits per heavy atom. The quantitative estimate of drug-likeness (QED) is 0.519. The Morgan fingerprint density at radius 1 is 1.03 bits per heavy atom. The SMILES string of the molecule is CC[C@H]1[C@@H](O)C2C3CC[C@H]([C@H](C)CCc4nnc(NC)o4)[C@@]3(C)CCC2[C@@]2(C)CC[C@@H](O)C[C@@H]12. The lowest BCUT2D eigenvalue weighted by Gasteiger charge is -2.64. The molecule has 1 aromatic heterocycles. The molecule has 4 aliphatic carbocycles. The number of hydrogen-bond donors (Lipinski definition) is 3. The van der Waals surface area contributed by atoms with E-state index in [0.29, 0.717) is 52.9 Å². The van der Waals surface area contributed by atoms with E-state index in [4.69, 9.17) is 4.42 Å². The van der Waals surface area contributed by atoms with E-state index in [9.17, 15) is 10.2 Å². The molecule has 1 aromatic rings. The molecule has 0 spiro atoms. The summed E-state index contributed by atoms with van der Waals surface area (Å²) < 4.78 is 5.67. The van der Waals surface area contributed by atoms with Crippen molar-refractivity contribution in [2.75, 3.05) is 12.4 Å². The lowest BCUT2D eigenvalue weighted by Crippen LogP contribution is -2.62. The molecule has 4 aliphatic rings. The number of fused-ring (bicyclic) bond motifs is 5. The van der Waals surface area contributed by atoms with E-state index in [0.717, 1.165) is 44.4 Å². The van der Waals surface area contributed by atoms with Crippen molar-refractivity contribution in [2.45, 2.75) is 104 Å². The number of aliphatic hydroxyl groups is 2. The zero-order chi connectivity index (χ0) is 24.3. The van der Waals surface area contributed by atoms with E-state index < -0.39 is 0 Å². The Labute approximate surface area is 205 Å². The number of hydrogen-bond acceptors (Lipinski definition) is 6. The van der Waals surface area contributed by atoms with E-state index in [1.54, 1.807) is 7.05 Å². The third-order valence-electron chi connectivity index (χ3n) is 11.6. The Balaban J connectivity index is 1.35. The van der Waals surface area contributed by atoms with Gasteiger partial charge in [-0.1, -0.05) is 39.2 Å². The van der Waals surface area contributed by atoms with Gasteiger partial charge in [0.1, 0.15) is 0 Å². The van der Waals surface area contributed by atoms with Gasteiger partial charge in [0.25, 0.3) is 0 Å². The third-order valence-corrected chi connectivity index (χ3v) is 11.6. The van der Waals surface area contributed by atoms with Crippen LogP contribution >= 0.6 is 0 Å². The molecular formula is C28H47N3O3. The highest BCUT2D eigenvalue weighted by atomic mass is 16.4. The fourth-order valence-electron chi connectivity index (χ4n) is 9.94. The van der Waals surface area contributed by atoms with Crippen LogP contribution in [0.3, 0.4) is 0 Å². The number of aryl methyl sites for hydroxylation is 1. The normalized spacial score (nSPS) is 46.9. The first kappa shape index (κ1) is 24.5.